The van der Waals surface area contributed by atoms with Crippen molar-refractivity contribution in [3.05, 3.63) is 103 Å². The SMILES string of the molecule is O=C(NCc1ccc(S(=O)(=O)c2ccc3ncccc3c2)cc1)c1ccc2nccn2c1. The quantitative estimate of drug-likeness (QED) is 0.449. The number of rotatable bonds is 5. The average molecular weight is 443 g/mol. The molecular formula is C24H18N4O3S. The summed E-state index contributed by atoms with van der Waals surface area (Å²) in [6.45, 7) is 0.281. The first-order chi connectivity index (χ1) is 15.5. The van der Waals surface area contributed by atoms with Crippen LogP contribution in [0.15, 0.2) is 101 Å². The molecule has 0 saturated carbocycles. The summed E-state index contributed by atoms with van der Waals surface area (Å²) < 4.78 is 27.8. The number of fused-ring (bicyclic) bond motifs is 2. The Morgan fingerprint density at radius 3 is 2.56 bits per heavy atom. The van der Waals surface area contributed by atoms with Crippen molar-refractivity contribution in [3.63, 3.8) is 0 Å². The predicted octanol–water partition coefficient (Wildman–Crippen LogP) is 3.65. The standard InChI is InChI=1S/C24H18N4O3S/c29-24(19-5-10-23-26-12-13-28(23)16-19)27-15-17-3-6-20(7-4-17)32(30,31)21-8-9-22-18(14-21)2-1-11-25-22/h1-14,16H,15H2,(H,27,29). The average Bonchev–Trinajstić information content (AvgIpc) is 3.30. The third-order valence-corrected chi connectivity index (χ3v) is 6.99. The van der Waals surface area contributed by atoms with Crippen molar-refractivity contribution >= 4 is 32.3 Å². The van der Waals surface area contributed by atoms with Gasteiger partial charge in [-0.05, 0) is 54.1 Å². The summed E-state index contributed by atoms with van der Waals surface area (Å²) in [4.78, 5) is 21.2. The second-order valence-corrected chi connectivity index (χ2v) is 9.25. The lowest BCUT2D eigenvalue weighted by atomic mass is 10.2. The van der Waals surface area contributed by atoms with Crippen LogP contribution in [-0.2, 0) is 16.4 Å². The van der Waals surface area contributed by atoms with Gasteiger partial charge in [-0.1, -0.05) is 18.2 Å². The summed E-state index contributed by atoms with van der Waals surface area (Å²) in [5.41, 5.74) is 2.81. The molecule has 0 radical (unpaired) electrons. The van der Waals surface area contributed by atoms with Crippen molar-refractivity contribution in [2.24, 2.45) is 0 Å². The highest BCUT2D eigenvalue weighted by Crippen LogP contribution is 2.24. The van der Waals surface area contributed by atoms with E-state index in [4.69, 9.17) is 0 Å². The van der Waals surface area contributed by atoms with Gasteiger partial charge >= 0.3 is 0 Å². The molecule has 3 heterocycles. The Morgan fingerprint density at radius 2 is 1.72 bits per heavy atom. The number of sulfone groups is 1. The predicted molar refractivity (Wildman–Crippen MR) is 120 cm³/mol. The van der Waals surface area contributed by atoms with Crippen LogP contribution in [0.4, 0.5) is 0 Å². The second-order valence-electron chi connectivity index (χ2n) is 7.30. The number of pyridine rings is 2. The third kappa shape index (κ3) is 3.72. The minimum Gasteiger partial charge on any atom is -0.348 e. The van der Waals surface area contributed by atoms with Crippen LogP contribution in [0.1, 0.15) is 15.9 Å². The number of hydrogen-bond acceptors (Lipinski definition) is 5. The number of benzene rings is 2. The smallest absolute Gasteiger partial charge is 0.253 e. The lowest BCUT2D eigenvalue weighted by Gasteiger charge is -2.09. The molecule has 0 saturated heterocycles. The van der Waals surface area contributed by atoms with Crippen LogP contribution >= 0.6 is 0 Å². The first kappa shape index (κ1) is 19.9. The molecule has 0 fully saturated rings. The maximum atomic E-state index is 13.0. The molecule has 0 aliphatic heterocycles. The lowest BCUT2D eigenvalue weighted by Crippen LogP contribution is -2.23. The maximum Gasteiger partial charge on any atom is 0.253 e. The molecule has 0 unspecified atom stereocenters. The van der Waals surface area contributed by atoms with Crippen LogP contribution < -0.4 is 5.32 Å². The topological polar surface area (TPSA) is 93.4 Å². The highest BCUT2D eigenvalue weighted by atomic mass is 32.2. The molecule has 32 heavy (non-hydrogen) atoms. The minimum atomic E-state index is -3.66. The van der Waals surface area contributed by atoms with Crippen LogP contribution in [0.5, 0.6) is 0 Å². The van der Waals surface area contributed by atoms with E-state index in [2.05, 4.69) is 15.3 Å². The molecule has 0 bridgehead atoms. The van der Waals surface area contributed by atoms with Gasteiger partial charge in [0.25, 0.3) is 5.91 Å². The summed E-state index contributed by atoms with van der Waals surface area (Å²) in [5.74, 6) is -0.220. The van der Waals surface area contributed by atoms with Crippen LogP contribution in [0.3, 0.4) is 0 Å². The normalized spacial score (nSPS) is 11.6. The number of carbonyl (C=O) groups is 1. The molecule has 7 nitrogen and oxygen atoms in total. The van der Waals surface area contributed by atoms with Gasteiger partial charge in [-0.15, -0.1) is 0 Å². The molecule has 5 aromatic rings. The summed E-state index contributed by atoms with van der Waals surface area (Å²) in [5, 5.41) is 3.62. The second kappa shape index (κ2) is 7.90. The highest BCUT2D eigenvalue weighted by Gasteiger charge is 2.18. The first-order valence-electron chi connectivity index (χ1n) is 9.90. The molecule has 0 aliphatic rings. The Kier molecular flexibility index (Phi) is 4.91. The van der Waals surface area contributed by atoms with E-state index in [9.17, 15) is 13.2 Å². The fourth-order valence-electron chi connectivity index (χ4n) is 3.48. The van der Waals surface area contributed by atoms with E-state index in [-0.39, 0.29) is 22.2 Å². The van der Waals surface area contributed by atoms with E-state index < -0.39 is 9.84 Å². The van der Waals surface area contributed by atoms with Gasteiger partial charge in [-0.2, -0.15) is 0 Å². The van der Waals surface area contributed by atoms with Crippen molar-refractivity contribution in [1.29, 1.82) is 0 Å². The Hall–Kier alpha value is -4.04. The van der Waals surface area contributed by atoms with E-state index in [1.807, 2.05) is 6.07 Å². The summed E-state index contributed by atoms with van der Waals surface area (Å²) in [6.07, 6.45) is 6.83. The Balaban J connectivity index is 1.31. The number of nitrogens with one attached hydrogen (secondary N) is 1. The van der Waals surface area contributed by atoms with Gasteiger partial charge in [0.15, 0.2) is 0 Å². The molecule has 1 N–H and O–H groups in total. The van der Waals surface area contributed by atoms with E-state index in [0.29, 0.717) is 5.56 Å². The van der Waals surface area contributed by atoms with Gasteiger partial charge in [0.1, 0.15) is 5.65 Å². The zero-order valence-electron chi connectivity index (χ0n) is 16.8. The van der Waals surface area contributed by atoms with E-state index in [1.54, 1.807) is 89.9 Å². The summed E-state index contributed by atoms with van der Waals surface area (Å²) >= 11 is 0. The van der Waals surface area contributed by atoms with E-state index in [1.165, 1.54) is 0 Å². The van der Waals surface area contributed by atoms with Crippen molar-refractivity contribution in [3.8, 4) is 0 Å². The molecule has 0 aliphatic carbocycles. The number of amides is 1. The number of nitrogens with zero attached hydrogens (tertiary/aromatic N) is 3. The number of aromatic nitrogens is 3. The molecule has 0 spiro atoms. The molecule has 2 aromatic carbocycles. The van der Waals surface area contributed by atoms with Gasteiger partial charge in [-0.25, -0.2) is 13.4 Å². The van der Waals surface area contributed by atoms with Crippen LogP contribution in [0.25, 0.3) is 16.6 Å². The van der Waals surface area contributed by atoms with Crippen molar-refractivity contribution in [2.75, 3.05) is 0 Å². The molecule has 3 aromatic heterocycles. The van der Waals surface area contributed by atoms with Crippen LogP contribution in [-0.4, -0.2) is 28.7 Å². The third-order valence-electron chi connectivity index (χ3n) is 5.22. The monoisotopic (exact) mass is 442 g/mol. The molecule has 1 amide bonds. The highest BCUT2D eigenvalue weighted by molar-refractivity contribution is 7.91. The van der Waals surface area contributed by atoms with Gasteiger partial charge in [0.2, 0.25) is 9.84 Å². The van der Waals surface area contributed by atoms with E-state index >= 15 is 0 Å². The first-order valence-corrected chi connectivity index (χ1v) is 11.4. The van der Waals surface area contributed by atoms with Gasteiger partial charge in [0, 0.05) is 36.7 Å². The van der Waals surface area contributed by atoms with Gasteiger partial charge in [-0.3, -0.25) is 9.78 Å². The Labute approximate surface area is 184 Å². The van der Waals surface area contributed by atoms with Crippen molar-refractivity contribution < 1.29 is 13.2 Å². The van der Waals surface area contributed by atoms with Crippen LogP contribution in [0.2, 0.25) is 0 Å². The number of imidazole rings is 1. The largest absolute Gasteiger partial charge is 0.348 e. The van der Waals surface area contributed by atoms with Crippen molar-refractivity contribution in [1.82, 2.24) is 19.7 Å². The molecular weight excluding hydrogens is 424 g/mol. The lowest BCUT2D eigenvalue weighted by molar-refractivity contribution is 0.0950. The molecule has 5 rings (SSSR count). The zero-order valence-corrected chi connectivity index (χ0v) is 17.7. The van der Waals surface area contributed by atoms with Crippen LogP contribution in [0, 0.1) is 0 Å². The minimum absolute atomic E-state index is 0.196. The van der Waals surface area contributed by atoms with Gasteiger partial charge in [0.05, 0.1) is 20.9 Å². The fraction of sp³-hybridized carbons (Fsp3) is 0.0417. The molecule has 8 heteroatoms. The summed E-state index contributed by atoms with van der Waals surface area (Å²) in [6, 6.07) is 18.5. The Bertz CT molecular complexity index is 1560. The summed E-state index contributed by atoms with van der Waals surface area (Å²) in [7, 11) is -3.66. The maximum absolute atomic E-state index is 13.0. The van der Waals surface area contributed by atoms with E-state index in [0.717, 1.165) is 22.1 Å². The number of carbonyl (C=O) groups excluding carboxylic acids is 1. The Morgan fingerprint density at radius 1 is 0.906 bits per heavy atom. The fourth-order valence-corrected chi connectivity index (χ4v) is 4.78. The zero-order chi connectivity index (χ0) is 22.1. The molecule has 158 valence electrons. The molecule has 0 atom stereocenters. The number of hydrogen-bond donors (Lipinski definition) is 1. The van der Waals surface area contributed by atoms with Crippen molar-refractivity contribution in [2.45, 2.75) is 16.3 Å². The van der Waals surface area contributed by atoms with Gasteiger partial charge < -0.3 is 9.72 Å².